The molecule has 4 aromatic rings. The van der Waals surface area contributed by atoms with Crippen molar-refractivity contribution in [1.82, 2.24) is 5.43 Å². The van der Waals surface area contributed by atoms with Gasteiger partial charge in [0, 0.05) is 11.1 Å². The normalized spacial score (nSPS) is 10.7. The van der Waals surface area contributed by atoms with E-state index >= 15 is 0 Å². The molecule has 0 fully saturated rings. The van der Waals surface area contributed by atoms with Crippen molar-refractivity contribution in [1.29, 1.82) is 0 Å². The Balaban J connectivity index is 1.56. The molecule has 192 valence electrons. The van der Waals surface area contributed by atoms with E-state index in [0.29, 0.717) is 35.0 Å². The Morgan fingerprint density at radius 2 is 1.58 bits per heavy atom. The fourth-order valence-electron chi connectivity index (χ4n) is 3.70. The smallest absolute Gasteiger partial charge is 0.343 e. The minimum absolute atomic E-state index is 0.283. The van der Waals surface area contributed by atoms with Crippen molar-refractivity contribution in [2.45, 2.75) is 0 Å². The first-order valence-electron chi connectivity index (χ1n) is 11.7. The lowest BCUT2D eigenvalue weighted by molar-refractivity contribution is 0.0734. The number of hydrogen-bond donors (Lipinski definition) is 1. The number of nitrogens with zero attached hydrogens (tertiary/aromatic N) is 1. The predicted molar refractivity (Wildman–Crippen MR) is 146 cm³/mol. The number of hydrogen-bond acceptors (Lipinski definition) is 7. The van der Waals surface area contributed by atoms with Gasteiger partial charge in [-0.1, -0.05) is 43.0 Å². The zero-order valence-electron chi connectivity index (χ0n) is 21.0. The molecule has 0 aliphatic heterocycles. The van der Waals surface area contributed by atoms with Crippen LogP contribution in [0.1, 0.15) is 26.3 Å². The summed E-state index contributed by atoms with van der Waals surface area (Å²) in [5, 5.41) is 5.85. The van der Waals surface area contributed by atoms with Gasteiger partial charge >= 0.3 is 5.97 Å². The summed E-state index contributed by atoms with van der Waals surface area (Å²) < 4.78 is 21.7. The van der Waals surface area contributed by atoms with Crippen molar-refractivity contribution in [3.8, 4) is 23.0 Å². The number of methoxy groups -OCH3 is 2. The maximum absolute atomic E-state index is 13.0. The van der Waals surface area contributed by atoms with Crippen LogP contribution >= 0.6 is 0 Å². The number of nitrogens with one attached hydrogen (secondary N) is 1. The van der Waals surface area contributed by atoms with Gasteiger partial charge in [-0.15, -0.1) is 0 Å². The maximum Gasteiger partial charge on any atom is 0.343 e. The van der Waals surface area contributed by atoms with Gasteiger partial charge in [0.15, 0.2) is 11.5 Å². The van der Waals surface area contributed by atoms with E-state index in [1.165, 1.54) is 20.4 Å². The molecule has 1 amide bonds. The Hall–Kier alpha value is -5.11. The van der Waals surface area contributed by atoms with E-state index in [1.54, 1.807) is 54.6 Å². The quantitative estimate of drug-likeness (QED) is 0.101. The van der Waals surface area contributed by atoms with E-state index in [0.717, 1.165) is 10.8 Å². The van der Waals surface area contributed by atoms with Crippen LogP contribution < -0.4 is 24.4 Å². The third kappa shape index (κ3) is 5.99. The summed E-state index contributed by atoms with van der Waals surface area (Å²) in [6, 6.07) is 22.5. The minimum atomic E-state index is -0.585. The zero-order valence-corrected chi connectivity index (χ0v) is 21.0. The fourth-order valence-corrected chi connectivity index (χ4v) is 3.70. The van der Waals surface area contributed by atoms with Gasteiger partial charge in [-0.2, -0.15) is 5.10 Å². The van der Waals surface area contributed by atoms with E-state index in [9.17, 15) is 9.59 Å². The largest absolute Gasteiger partial charge is 0.493 e. The van der Waals surface area contributed by atoms with Crippen molar-refractivity contribution in [3.63, 3.8) is 0 Å². The number of carbonyl (C=O) groups is 2. The van der Waals surface area contributed by atoms with Crippen LogP contribution in [0.3, 0.4) is 0 Å². The molecule has 0 aromatic heterocycles. The molecule has 0 saturated heterocycles. The van der Waals surface area contributed by atoms with Crippen LogP contribution in [0.25, 0.3) is 10.8 Å². The average molecular weight is 511 g/mol. The number of rotatable bonds is 10. The number of amides is 1. The zero-order chi connectivity index (χ0) is 26.9. The number of benzene rings is 4. The lowest BCUT2D eigenvalue weighted by atomic mass is 10.0. The summed E-state index contributed by atoms with van der Waals surface area (Å²) in [5.41, 5.74) is 3.74. The lowest BCUT2D eigenvalue weighted by Gasteiger charge is -2.12. The van der Waals surface area contributed by atoms with Crippen molar-refractivity contribution >= 4 is 28.9 Å². The molecule has 0 unspecified atom stereocenters. The van der Waals surface area contributed by atoms with Crippen LogP contribution in [0.5, 0.6) is 23.0 Å². The number of esters is 1. The van der Waals surface area contributed by atoms with E-state index in [-0.39, 0.29) is 11.3 Å². The average Bonchev–Trinajstić information content (AvgIpc) is 2.96. The summed E-state index contributed by atoms with van der Waals surface area (Å²) in [7, 11) is 3.01. The molecule has 0 atom stereocenters. The van der Waals surface area contributed by atoms with Crippen molar-refractivity contribution in [3.05, 3.63) is 108 Å². The summed E-state index contributed by atoms with van der Waals surface area (Å²) in [6.45, 7) is 3.98. The molecule has 8 nitrogen and oxygen atoms in total. The van der Waals surface area contributed by atoms with Gasteiger partial charge in [-0.3, -0.25) is 4.79 Å². The van der Waals surface area contributed by atoms with Crippen LogP contribution in [0.4, 0.5) is 0 Å². The highest BCUT2D eigenvalue weighted by molar-refractivity contribution is 6.04. The van der Waals surface area contributed by atoms with Gasteiger partial charge in [-0.05, 0) is 59.3 Å². The number of hydrazone groups is 1. The third-order valence-electron chi connectivity index (χ3n) is 5.60. The minimum Gasteiger partial charge on any atom is -0.493 e. The highest BCUT2D eigenvalue weighted by atomic mass is 16.5. The molecule has 4 aromatic carbocycles. The Morgan fingerprint density at radius 1 is 0.868 bits per heavy atom. The van der Waals surface area contributed by atoms with Crippen molar-refractivity contribution < 1.29 is 28.5 Å². The Labute approximate surface area is 220 Å². The van der Waals surface area contributed by atoms with Crippen LogP contribution in [0.2, 0.25) is 0 Å². The molecular formula is C30H26N2O6. The van der Waals surface area contributed by atoms with Crippen LogP contribution in [0, 0.1) is 0 Å². The standard InChI is InChI=1S/C30H26N2O6/c1-4-17-37-23-13-9-21(10-14-23)29(33)32-31-19-25-24-8-6-5-7-20(24)11-15-26(25)38-30(34)22-12-16-27(35-2)28(18-22)36-3/h4-16,18-19H,1,17H2,2-3H3,(H,32,33)/b31-19-. The third-order valence-corrected chi connectivity index (χ3v) is 5.60. The summed E-state index contributed by atoms with van der Waals surface area (Å²) >= 11 is 0. The van der Waals surface area contributed by atoms with Gasteiger partial charge in [0.05, 0.1) is 26.0 Å². The van der Waals surface area contributed by atoms with Gasteiger partial charge in [0.25, 0.3) is 5.91 Å². The first-order valence-corrected chi connectivity index (χ1v) is 11.7. The predicted octanol–water partition coefficient (Wildman–Crippen LogP) is 5.40. The molecule has 38 heavy (non-hydrogen) atoms. The molecule has 0 aliphatic rings. The van der Waals surface area contributed by atoms with Gasteiger partial charge in [0.1, 0.15) is 18.1 Å². The van der Waals surface area contributed by atoms with E-state index < -0.39 is 11.9 Å². The Kier molecular flexibility index (Phi) is 8.35. The first-order chi connectivity index (χ1) is 18.5. The Bertz CT molecular complexity index is 1490. The molecular weight excluding hydrogens is 484 g/mol. The molecule has 1 N–H and O–H groups in total. The Morgan fingerprint density at radius 3 is 2.32 bits per heavy atom. The highest BCUT2D eigenvalue weighted by Gasteiger charge is 2.16. The number of fused-ring (bicyclic) bond motifs is 1. The second-order valence-electron chi connectivity index (χ2n) is 7.98. The molecule has 0 aliphatic carbocycles. The summed E-state index contributed by atoms with van der Waals surface area (Å²) in [4.78, 5) is 25.6. The van der Waals surface area contributed by atoms with Crippen molar-refractivity contribution in [2.24, 2.45) is 5.10 Å². The van der Waals surface area contributed by atoms with Crippen LogP contribution in [0.15, 0.2) is 96.6 Å². The second kappa shape index (κ2) is 12.2. The molecule has 0 spiro atoms. The fraction of sp³-hybridized carbons (Fsp3) is 0.100. The topological polar surface area (TPSA) is 95.5 Å². The lowest BCUT2D eigenvalue weighted by Crippen LogP contribution is -2.17. The van der Waals surface area contributed by atoms with Crippen molar-refractivity contribution in [2.75, 3.05) is 20.8 Å². The molecule has 4 rings (SSSR count). The highest BCUT2D eigenvalue weighted by Crippen LogP contribution is 2.30. The maximum atomic E-state index is 13.0. The second-order valence-corrected chi connectivity index (χ2v) is 7.98. The van der Waals surface area contributed by atoms with Gasteiger partial charge < -0.3 is 18.9 Å². The monoisotopic (exact) mass is 510 g/mol. The molecule has 0 bridgehead atoms. The number of carbonyl (C=O) groups excluding carboxylic acids is 2. The van der Waals surface area contributed by atoms with Gasteiger partial charge in [0.2, 0.25) is 0 Å². The summed E-state index contributed by atoms with van der Waals surface area (Å²) in [6.07, 6.45) is 3.10. The van der Waals surface area contributed by atoms with E-state index in [2.05, 4.69) is 17.1 Å². The summed E-state index contributed by atoms with van der Waals surface area (Å²) in [5.74, 6) is 0.827. The van der Waals surface area contributed by atoms with Crippen LogP contribution in [-0.2, 0) is 0 Å². The SMILES string of the molecule is C=CCOc1ccc(C(=O)N/N=C\c2c(OC(=O)c3ccc(OC)c(OC)c3)ccc3ccccc23)cc1. The van der Waals surface area contributed by atoms with E-state index in [1.807, 2.05) is 30.3 Å². The molecule has 0 heterocycles. The molecule has 0 saturated carbocycles. The van der Waals surface area contributed by atoms with E-state index in [4.69, 9.17) is 18.9 Å². The van der Waals surface area contributed by atoms with Gasteiger partial charge in [-0.25, -0.2) is 10.2 Å². The first kappa shape index (κ1) is 26.0. The molecule has 0 radical (unpaired) electrons. The number of ether oxygens (including phenoxy) is 4. The van der Waals surface area contributed by atoms with Crippen LogP contribution in [-0.4, -0.2) is 38.9 Å². The molecule has 8 heteroatoms.